The summed E-state index contributed by atoms with van der Waals surface area (Å²) >= 11 is 0. The molecule has 2 rings (SSSR count). The monoisotopic (exact) mass is 287 g/mol. The van der Waals surface area contributed by atoms with Gasteiger partial charge in [0.1, 0.15) is 6.61 Å². The Morgan fingerprint density at radius 1 is 1.05 bits per heavy atom. The first-order valence-corrected chi connectivity index (χ1v) is 6.29. The van der Waals surface area contributed by atoms with Crippen molar-refractivity contribution in [1.82, 2.24) is 0 Å². The Bertz CT molecular complexity index is 622. The summed E-state index contributed by atoms with van der Waals surface area (Å²) in [5.74, 6) is -0.388. The topological polar surface area (TPSA) is 67.8 Å². The van der Waals surface area contributed by atoms with Crippen molar-refractivity contribution in [1.29, 1.82) is 0 Å². The van der Waals surface area contributed by atoms with E-state index in [1.807, 2.05) is 30.3 Å². The molecule has 0 amide bonds. The van der Waals surface area contributed by atoms with E-state index in [0.717, 1.165) is 5.56 Å². The SMILES string of the molecule is COc1cc(C(=O)[O-])cc(OCc2ccccc2)c1OC. The molecular weight excluding hydrogens is 272 g/mol. The van der Waals surface area contributed by atoms with E-state index in [1.54, 1.807) is 0 Å². The van der Waals surface area contributed by atoms with E-state index in [2.05, 4.69) is 0 Å². The van der Waals surface area contributed by atoms with Crippen LogP contribution in [0.3, 0.4) is 0 Å². The average molecular weight is 287 g/mol. The standard InChI is InChI=1S/C16H16O5/c1-19-13-8-12(16(17)18)9-14(15(13)20-2)21-10-11-6-4-3-5-7-11/h3-9H,10H2,1-2H3,(H,17,18)/p-1. The third-order valence-corrected chi connectivity index (χ3v) is 2.92. The highest BCUT2D eigenvalue weighted by Crippen LogP contribution is 2.38. The van der Waals surface area contributed by atoms with Gasteiger partial charge in [-0.15, -0.1) is 0 Å². The molecule has 2 aromatic rings. The molecule has 0 spiro atoms. The minimum absolute atomic E-state index is 0.0317. The van der Waals surface area contributed by atoms with Crippen LogP contribution in [-0.2, 0) is 6.61 Å². The van der Waals surface area contributed by atoms with Gasteiger partial charge in [-0.2, -0.15) is 0 Å². The number of benzene rings is 2. The van der Waals surface area contributed by atoms with E-state index < -0.39 is 5.97 Å². The van der Waals surface area contributed by atoms with Crippen LogP contribution >= 0.6 is 0 Å². The fourth-order valence-corrected chi connectivity index (χ4v) is 1.89. The molecule has 2 aromatic carbocycles. The van der Waals surface area contributed by atoms with Gasteiger partial charge >= 0.3 is 0 Å². The number of carbonyl (C=O) groups excluding carboxylic acids is 1. The number of methoxy groups -OCH3 is 2. The number of ether oxygens (including phenoxy) is 3. The predicted molar refractivity (Wildman–Crippen MR) is 74.7 cm³/mol. The highest BCUT2D eigenvalue weighted by molar-refractivity contribution is 5.87. The zero-order valence-electron chi connectivity index (χ0n) is 11.8. The van der Waals surface area contributed by atoms with Crippen molar-refractivity contribution in [3.8, 4) is 17.2 Å². The summed E-state index contributed by atoms with van der Waals surface area (Å²) in [6.07, 6.45) is 0. The molecule has 0 aliphatic rings. The zero-order valence-corrected chi connectivity index (χ0v) is 11.8. The van der Waals surface area contributed by atoms with Gasteiger partial charge in [-0.3, -0.25) is 0 Å². The molecular formula is C16H15O5-. The van der Waals surface area contributed by atoms with Gasteiger partial charge in [-0.05, 0) is 17.7 Å². The highest BCUT2D eigenvalue weighted by Gasteiger charge is 2.14. The Morgan fingerprint density at radius 3 is 2.29 bits per heavy atom. The Morgan fingerprint density at radius 2 is 1.71 bits per heavy atom. The maximum Gasteiger partial charge on any atom is 0.203 e. The largest absolute Gasteiger partial charge is 0.545 e. The lowest BCUT2D eigenvalue weighted by atomic mass is 10.2. The van der Waals surface area contributed by atoms with Crippen LogP contribution in [0.2, 0.25) is 0 Å². The normalized spacial score (nSPS) is 10.0. The second kappa shape index (κ2) is 6.65. The van der Waals surface area contributed by atoms with Gasteiger partial charge in [0.05, 0.1) is 20.2 Å². The van der Waals surface area contributed by atoms with Crippen molar-refractivity contribution in [2.75, 3.05) is 14.2 Å². The van der Waals surface area contributed by atoms with Crippen molar-refractivity contribution >= 4 is 5.97 Å². The minimum Gasteiger partial charge on any atom is -0.545 e. The molecule has 0 unspecified atom stereocenters. The van der Waals surface area contributed by atoms with Crippen LogP contribution in [-0.4, -0.2) is 20.2 Å². The molecule has 0 aliphatic carbocycles. The first-order valence-electron chi connectivity index (χ1n) is 6.29. The maximum absolute atomic E-state index is 11.0. The van der Waals surface area contributed by atoms with Gasteiger partial charge in [0.15, 0.2) is 11.5 Å². The van der Waals surface area contributed by atoms with E-state index in [1.165, 1.54) is 26.4 Å². The summed E-state index contributed by atoms with van der Waals surface area (Å²) in [4.78, 5) is 11.0. The molecule has 110 valence electrons. The lowest BCUT2D eigenvalue weighted by Crippen LogP contribution is -2.22. The molecule has 0 radical (unpaired) electrons. The van der Waals surface area contributed by atoms with Crippen LogP contribution in [0.4, 0.5) is 0 Å². The van der Waals surface area contributed by atoms with E-state index in [-0.39, 0.29) is 17.9 Å². The van der Waals surface area contributed by atoms with Gasteiger partial charge in [0.25, 0.3) is 0 Å². The predicted octanol–water partition coefficient (Wildman–Crippen LogP) is 1.65. The summed E-state index contributed by atoms with van der Waals surface area (Å²) < 4.78 is 16.0. The lowest BCUT2D eigenvalue weighted by molar-refractivity contribution is -0.255. The van der Waals surface area contributed by atoms with E-state index in [9.17, 15) is 9.90 Å². The van der Waals surface area contributed by atoms with Gasteiger partial charge < -0.3 is 24.1 Å². The quantitative estimate of drug-likeness (QED) is 0.808. The lowest BCUT2D eigenvalue weighted by Gasteiger charge is -2.16. The number of hydrogen-bond donors (Lipinski definition) is 0. The van der Waals surface area contributed by atoms with Crippen molar-refractivity contribution in [2.45, 2.75) is 6.61 Å². The molecule has 0 aliphatic heterocycles. The highest BCUT2D eigenvalue weighted by atomic mass is 16.5. The Kier molecular flexibility index (Phi) is 4.66. The second-order valence-electron chi connectivity index (χ2n) is 4.27. The number of carboxylic acids is 1. The van der Waals surface area contributed by atoms with Crippen molar-refractivity contribution < 1.29 is 24.1 Å². The number of aromatic carboxylic acids is 1. The van der Waals surface area contributed by atoms with Crippen LogP contribution in [0.15, 0.2) is 42.5 Å². The van der Waals surface area contributed by atoms with Crippen LogP contribution in [0.25, 0.3) is 0 Å². The molecule has 0 N–H and O–H groups in total. The van der Waals surface area contributed by atoms with Crippen LogP contribution in [0.1, 0.15) is 15.9 Å². The number of carboxylic acid groups (broad SMARTS) is 1. The number of carbonyl (C=O) groups is 1. The van der Waals surface area contributed by atoms with Crippen LogP contribution in [0.5, 0.6) is 17.2 Å². The van der Waals surface area contributed by atoms with Crippen LogP contribution in [0, 0.1) is 0 Å². The van der Waals surface area contributed by atoms with Gasteiger partial charge in [0.2, 0.25) is 5.75 Å². The summed E-state index contributed by atoms with van der Waals surface area (Å²) in [5, 5.41) is 11.0. The van der Waals surface area contributed by atoms with Crippen molar-refractivity contribution in [3.63, 3.8) is 0 Å². The summed E-state index contributed by atoms with van der Waals surface area (Å²) in [6, 6.07) is 12.2. The summed E-state index contributed by atoms with van der Waals surface area (Å²) in [7, 11) is 2.89. The first-order chi connectivity index (χ1) is 10.2. The number of rotatable bonds is 6. The van der Waals surface area contributed by atoms with Crippen LogP contribution < -0.4 is 19.3 Å². The Labute approximate surface area is 122 Å². The molecule has 0 saturated carbocycles. The average Bonchev–Trinajstić information content (AvgIpc) is 2.52. The Balaban J connectivity index is 2.31. The molecule has 0 bridgehead atoms. The molecule has 5 nitrogen and oxygen atoms in total. The van der Waals surface area contributed by atoms with E-state index >= 15 is 0 Å². The molecule has 0 aromatic heterocycles. The third kappa shape index (κ3) is 3.45. The molecule has 0 heterocycles. The van der Waals surface area contributed by atoms with Gasteiger partial charge in [-0.25, -0.2) is 0 Å². The summed E-state index contributed by atoms with van der Waals surface area (Å²) in [6.45, 7) is 0.289. The zero-order chi connectivity index (χ0) is 15.2. The Hall–Kier alpha value is -2.69. The minimum atomic E-state index is -1.31. The fourth-order valence-electron chi connectivity index (χ4n) is 1.89. The third-order valence-electron chi connectivity index (χ3n) is 2.92. The van der Waals surface area contributed by atoms with Crippen molar-refractivity contribution in [3.05, 3.63) is 53.6 Å². The molecule has 0 atom stereocenters. The first kappa shape index (κ1) is 14.7. The maximum atomic E-state index is 11.0. The molecule has 0 saturated heterocycles. The summed E-state index contributed by atoms with van der Waals surface area (Å²) in [5.41, 5.74) is 0.924. The molecule has 0 fully saturated rings. The molecule has 21 heavy (non-hydrogen) atoms. The van der Waals surface area contributed by atoms with Gasteiger partial charge in [-0.1, -0.05) is 30.3 Å². The fraction of sp³-hybridized carbons (Fsp3) is 0.188. The van der Waals surface area contributed by atoms with E-state index in [4.69, 9.17) is 14.2 Å². The molecule has 5 heteroatoms. The second-order valence-corrected chi connectivity index (χ2v) is 4.27. The van der Waals surface area contributed by atoms with Gasteiger partial charge in [0, 0.05) is 5.56 Å². The smallest absolute Gasteiger partial charge is 0.203 e. The van der Waals surface area contributed by atoms with E-state index in [0.29, 0.717) is 11.5 Å². The number of hydrogen-bond acceptors (Lipinski definition) is 5. The van der Waals surface area contributed by atoms with Crippen molar-refractivity contribution in [2.24, 2.45) is 0 Å².